The highest BCUT2D eigenvalue weighted by Crippen LogP contribution is 1.66. The van der Waals surface area contributed by atoms with Gasteiger partial charge in [-0.1, -0.05) is 25.2 Å². The van der Waals surface area contributed by atoms with Gasteiger partial charge in [-0.25, -0.2) is 0 Å². The average Bonchev–Trinajstić information content (AvgIpc) is 2.10. The monoisotopic (exact) mass is 168 g/mol. The van der Waals surface area contributed by atoms with Gasteiger partial charge in [-0.3, -0.25) is 0 Å². The van der Waals surface area contributed by atoms with E-state index in [0.29, 0.717) is 0 Å². The van der Waals surface area contributed by atoms with Crippen molar-refractivity contribution in [2.24, 2.45) is 0 Å². The van der Waals surface area contributed by atoms with Gasteiger partial charge in [-0.05, 0) is 20.3 Å². The van der Waals surface area contributed by atoms with Gasteiger partial charge in [0.05, 0.1) is 0 Å². The van der Waals surface area contributed by atoms with Gasteiger partial charge in [-0.15, -0.1) is 32.9 Å². The van der Waals surface area contributed by atoms with E-state index in [1.165, 1.54) is 0 Å². The Bertz CT molecular complexity index is 64.1. The van der Waals surface area contributed by atoms with E-state index in [4.69, 9.17) is 0 Å². The molecular formula is C12H24. The molecule has 0 amide bonds. The van der Waals surface area contributed by atoms with Crippen LogP contribution in [0.5, 0.6) is 0 Å². The van der Waals surface area contributed by atoms with E-state index in [9.17, 15) is 0 Å². The predicted octanol–water partition coefficient (Wildman–Crippen LogP) is 4.77. The maximum atomic E-state index is 3.48. The van der Waals surface area contributed by atoms with Crippen LogP contribution in [0.25, 0.3) is 0 Å². The molecule has 0 nitrogen and oxygen atoms in total. The molecule has 0 fully saturated rings. The van der Waals surface area contributed by atoms with Crippen LogP contribution in [0.2, 0.25) is 0 Å². The molecule has 0 aliphatic heterocycles. The van der Waals surface area contributed by atoms with Crippen LogP contribution in [0.15, 0.2) is 51.1 Å². The van der Waals surface area contributed by atoms with Crippen LogP contribution in [0.1, 0.15) is 27.2 Å². The van der Waals surface area contributed by atoms with E-state index in [0.717, 1.165) is 6.42 Å². The van der Waals surface area contributed by atoms with Gasteiger partial charge >= 0.3 is 0 Å². The Morgan fingerprint density at radius 2 is 1.00 bits per heavy atom. The standard InChI is InChI=1S/C4H8.2C3H6.C2H4/c1-3-4-2;2*1-3-2;1-2/h3H,1,4H2,2H3;2*3H,1H2,2H3;1-2H2. The Balaban J connectivity index is -0.0000000368. The van der Waals surface area contributed by atoms with E-state index in [-0.39, 0.29) is 0 Å². The topological polar surface area (TPSA) is 0 Å². The normalized spacial score (nSPS) is 4.58. The second-order valence-electron chi connectivity index (χ2n) is 1.51. The molecule has 0 rings (SSSR count). The molecule has 0 saturated heterocycles. The van der Waals surface area contributed by atoms with Crippen LogP contribution in [0, 0.1) is 0 Å². The molecule has 0 saturated carbocycles. The number of allylic oxidation sites excluding steroid dienone is 3. The smallest absolute Gasteiger partial charge is 0.0382 e. The highest BCUT2D eigenvalue weighted by Gasteiger charge is 1.45. The van der Waals surface area contributed by atoms with Gasteiger partial charge in [0.2, 0.25) is 0 Å². The molecule has 0 aromatic heterocycles. The van der Waals surface area contributed by atoms with Crippen molar-refractivity contribution in [1.29, 1.82) is 0 Å². The summed E-state index contributed by atoms with van der Waals surface area (Å²) in [6.07, 6.45) is 6.46. The van der Waals surface area contributed by atoms with E-state index < -0.39 is 0 Å². The summed E-state index contributed by atoms with van der Waals surface area (Å²) in [6.45, 7) is 22.0. The van der Waals surface area contributed by atoms with E-state index in [2.05, 4.69) is 39.8 Å². The summed E-state index contributed by atoms with van der Waals surface area (Å²) in [7, 11) is 0. The van der Waals surface area contributed by atoms with Gasteiger partial charge in [0.25, 0.3) is 0 Å². The van der Waals surface area contributed by atoms with Crippen molar-refractivity contribution in [3.8, 4) is 0 Å². The molecule has 0 heteroatoms. The van der Waals surface area contributed by atoms with Crippen LogP contribution in [-0.4, -0.2) is 0 Å². The molecule has 0 bridgehead atoms. The van der Waals surface area contributed by atoms with Crippen LogP contribution < -0.4 is 0 Å². The van der Waals surface area contributed by atoms with Gasteiger partial charge in [0.15, 0.2) is 0 Å². The summed E-state index contributed by atoms with van der Waals surface area (Å²) in [5, 5.41) is 0. The number of rotatable bonds is 1. The lowest BCUT2D eigenvalue weighted by atomic mass is 10.5. The number of hydrogen-bond acceptors (Lipinski definition) is 0. The molecule has 72 valence electrons. The molecule has 0 spiro atoms. The van der Waals surface area contributed by atoms with E-state index in [1.54, 1.807) is 12.2 Å². The SMILES string of the molecule is C=C.C=CC.C=CC.C=CCC. The van der Waals surface area contributed by atoms with Gasteiger partial charge in [0, 0.05) is 0 Å². The molecular weight excluding hydrogens is 144 g/mol. The molecule has 0 heterocycles. The quantitative estimate of drug-likeness (QED) is 0.495. The largest absolute Gasteiger partial charge is 0.106 e. The highest BCUT2D eigenvalue weighted by atomic mass is 13.5. The summed E-state index contributed by atoms with van der Waals surface area (Å²) >= 11 is 0. The van der Waals surface area contributed by atoms with Crippen molar-refractivity contribution >= 4 is 0 Å². The Morgan fingerprint density at radius 3 is 1.00 bits per heavy atom. The third-order valence-corrected chi connectivity index (χ3v) is 0.289. The molecule has 0 aliphatic carbocycles. The molecule has 0 atom stereocenters. The first-order chi connectivity index (χ1) is 5.74. The van der Waals surface area contributed by atoms with Crippen molar-refractivity contribution in [1.82, 2.24) is 0 Å². The zero-order chi connectivity index (χ0) is 10.8. The summed E-state index contributed by atoms with van der Waals surface area (Å²) in [6, 6.07) is 0. The van der Waals surface area contributed by atoms with Crippen molar-refractivity contribution < 1.29 is 0 Å². The van der Waals surface area contributed by atoms with Crippen LogP contribution in [-0.2, 0) is 0 Å². The first kappa shape index (κ1) is 22.4. The molecule has 0 aliphatic rings. The van der Waals surface area contributed by atoms with Crippen molar-refractivity contribution in [2.75, 3.05) is 0 Å². The van der Waals surface area contributed by atoms with Gasteiger partial charge in [-0.2, -0.15) is 0 Å². The average molecular weight is 168 g/mol. The van der Waals surface area contributed by atoms with Gasteiger partial charge < -0.3 is 0 Å². The predicted molar refractivity (Wildman–Crippen MR) is 63.5 cm³/mol. The van der Waals surface area contributed by atoms with Gasteiger partial charge in [0.1, 0.15) is 0 Å². The summed E-state index contributed by atoms with van der Waals surface area (Å²) < 4.78 is 0. The van der Waals surface area contributed by atoms with Crippen molar-refractivity contribution in [3.63, 3.8) is 0 Å². The summed E-state index contributed by atoms with van der Waals surface area (Å²) in [5.41, 5.74) is 0. The second kappa shape index (κ2) is 91.3. The zero-order valence-corrected chi connectivity index (χ0v) is 8.97. The first-order valence-electron chi connectivity index (χ1n) is 3.99. The van der Waals surface area contributed by atoms with Crippen LogP contribution >= 0.6 is 0 Å². The summed E-state index contributed by atoms with van der Waals surface area (Å²) in [5.74, 6) is 0. The lowest BCUT2D eigenvalue weighted by Gasteiger charge is -1.57. The maximum absolute atomic E-state index is 3.48. The Kier molecular flexibility index (Phi) is 171. The molecule has 0 aromatic carbocycles. The van der Waals surface area contributed by atoms with E-state index >= 15 is 0 Å². The second-order valence-corrected chi connectivity index (χ2v) is 1.51. The molecule has 0 aromatic rings. The molecule has 0 unspecified atom stereocenters. The minimum atomic E-state index is 1.08. The summed E-state index contributed by atoms with van der Waals surface area (Å²) in [4.78, 5) is 0. The zero-order valence-electron chi connectivity index (χ0n) is 8.97. The number of hydrogen-bond donors (Lipinski definition) is 0. The highest BCUT2D eigenvalue weighted by molar-refractivity contribution is 4.60. The minimum Gasteiger partial charge on any atom is -0.106 e. The fourth-order valence-electron chi connectivity index (χ4n) is 0. The fourth-order valence-corrected chi connectivity index (χ4v) is 0. The first-order valence-corrected chi connectivity index (χ1v) is 3.99. The minimum absolute atomic E-state index is 1.08. The lowest BCUT2D eigenvalue weighted by molar-refractivity contribution is 1.23. The Morgan fingerprint density at radius 1 is 0.917 bits per heavy atom. The Hall–Kier alpha value is -1.04. The van der Waals surface area contributed by atoms with Crippen LogP contribution in [0.3, 0.4) is 0 Å². The molecule has 12 heavy (non-hydrogen) atoms. The third kappa shape index (κ3) is 355000. The maximum Gasteiger partial charge on any atom is -0.0382 e. The lowest BCUT2D eigenvalue weighted by Crippen LogP contribution is -1.36. The van der Waals surface area contributed by atoms with Crippen LogP contribution in [0.4, 0.5) is 0 Å². The molecule has 0 radical (unpaired) electrons. The van der Waals surface area contributed by atoms with Crippen molar-refractivity contribution in [3.05, 3.63) is 51.1 Å². The van der Waals surface area contributed by atoms with Crippen molar-refractivity contribution in [2.45, 2.75) is 27.2 Å². The third-order valence-electron chi connectivity index (χ3n) is 0.289. The molecule has 0 N–H and O–H groups in total. The Labute approximate surface area is 79.0 Å². The fraction of sp³-hybridized carbons (Fsp3) is 0.333. The van der Waals surface area contributed by atoms with E-state index in [1.807, 2.05) is 19.9 Å².